The van der Waals surface area contributed by atoms with Crippen molar-refractivity contribution >= 4 is 17.5 Å². The molecule has 4 nitrogen and oxygen atoms in total. The van der Waals surface area contributed by atoms with E-state index in [9.17, 15) is 9.90 Å². The third-order valence-electron chi connectivity index (χ3n) is 3.70. The maximum absolute atomic E-state index is 11.2. The summed E-state index contributed by atoms with van der Waals surface area (Å²) in [6.07, 6.45) is 1.98. The lowest BCUT2D eigenvalue weighted by Crippen LogP contribution is -2.65. The van der Waals surface area contributed by atoms with Crippen molar-refractivity contribution in [3.05, 3.63) is 0 Å². The smallest absolute Gasteiger partial charge is 0.235 e. The number of aliphatic hydroxyl groups is 1. The van der Waals surface area contributed by atoms with Crippen molar-refractivity contribution in [2.24, 2.45) is 5.41 Å². The summed E-state index contributed by atoms with van der Waals surface area (Å²) in [5.74, 6) is -0.168. The summed E-state index contributed by atoms with van der Waals surface area (Å²) >= 11 is 5.44. The highest BCUT2D eigenvalue weighted by molar-refractivity contribution is 6.27. The molecule has 1 amide bonds. The van der Waals surface area contributed by atoms with Crippen molar-refractivity contribution in [1.29, 1.82) is 0 Å². The van der Waals surface area contributed by atoms with E-state index >= 15 is 0 Å². The second-order valence-corrected chi connectivity index (χ2v) is 4.62. The van der Waals surface area contributed by atoms with Crippen molar-refractivity contribution in [2.45, 2.75) is 31.4 Å². The molecule has 5 heteroatoms. The number of amides is 1. The lowest BCUT2D eigenvalue weighted by atomic mass is 9.58. The van der Waals surface area contributed by atoms with Gasteiger partial charge in [0.05, 0.1) is 6.10 Å². The van der Waals surface area contributed by atoms with E-state index in [4.69, 9.17) is 16.3 Å². The van der Waals surface area contributed by atoms with Gasteiger partial charge in [-0.1, -0.05) is 0 Å². The first-order chi connectivity index (χ1) is 7.19. The number of rotatable bonds is 2. The van der Waals surface area contributed by atoms with Gasteiger partial charge >= 0.3 is 0 Å². The Bertz CT molecular complexity index is 253. The van der Waals surface area contributed by atoms with E-state index in [-0.39, 0.29) is 29.3 Å². The van der Waals surface area contributed by atoms with Crippen LogP contribution in [0.3, 0.4) is 0 Å². The highest BCUT2D eigenvalue weighted by atomic mass is 35.5. The summed E-state index contributed by atoms with van der Waals surface area (Å²) in [7, 11) is 0. The van der Waals surface area contributed by atoms with E-state index in [0.29, 0.717) is 19.6 Å². The van der Waals surface area contributed by atoms with E-state index in [1.807, 2.05) is 0 Å². The lowest BCUT2D eigenvalue weighted by Gasteiger charge is -2.55. The third kappa shape index (κ3) is 1.86. The summed E-state index contributed by atoms with van der Waals surface area (Å²) in [6.45, 7) is 1.34. The molecule has 86 valence electrons. The Morgan fingerprint density at radius 1 is 1.53 bits per heavy atom. The van der Waals surface area contributed by atoms with E-state index in [1.165, 1.54) is 0 Å². The molecule has 2 fully saturated rings. The number of hydrogen-bond donors (Lipinski definition) is 2. The molecule has 1 aliphatic heterocycles. The van der Waals surface area contributed by atoms with Gasteiger partial charge in [-0.05, 0) is 19.3 Å². The minimum Gasteiger partial charge on any atom is -0.392 e. The second kappa shape index (κ2) is 4.28. The molecule has 0 aromatic heterocycles. The van der Waals surface area contributed by atoms with Gasteiger partial charge in [0.25, 0.3) is 0 Å². The summed E-state index contributed by atoms with van der Waals surface area (Å²) in [5.41, 5.74) is -0.153. The van der Waals surface area contributed by atoms with Gasteiger partial charge in [0, 0.05) is 24.7 Å². The Kier molecular flexibility index (Phi) is 3.19. The fourth-order valence-electron chi connectivity index (χ4n) is 2.63. The van der Waals surface area contributed by atoms with Crippen molar-refractivity contribution in [1.82, 2.24) is 5.32 Å². The van der Waals surface area contributed by atoms with E-state index in [1.54, 1.807) is 0 Å². The zero-order chi connectivity index (χ0) is 10.9. The molecule has 0 radical (unpaired) electrons. The fourth-order valence-corrected chi connectivity index (χ4v) is 2.71. The number of alkyl halides is 1. The van der Waals surface area contributed by atoms with Crippen molar-refractivity contribution in [2.75, 3.05) is 19.1 Å². The molecule has 0 bridgehead atoms. The summed E-state index contributed by atoms with van der Waals surface area (Å²) in [4.78, 5) is 11.2. The summed E-state index contributed by atoms with van der Waals surface area (Å²) in [6, 6.07) is 0.0719. The van der Waals surface area contributed by atoms with Gasteiger partial charge in [0.15, 0.2) is 0 Å². The molecule has 1 aliphatic carbocycles. The Hall–Kier alpha value is -0.320. The van der Waals surface area contributed by atoms with Gasteiger partial charge in [-0.25, -0.2) is 0 Å². The van der Waals surface area contributed by atoms with Gasteiger partial charge in [0.1, 0.15) is 5.88 Å². The number of carbonyl (C=O) groups is 1. The normalized spacial score (nSPS) is 33.5. The molecule has 2 rings (SSSR count). The largest absolute Gasteiger partial charge is 0.392 e. The molecule has 0 aromatic carbocycles. The molecule has 0 aromatic rings. The van der Waals surface area contributed by atoms with Crippen LogP contribution in [0.15, 0.2) is 0 Å². The van der Waals surface area contributed by atoms with Crippen LogP contribution in [0.25, 0.3) is 0 Å². The van der Waals surface area contributed by atoms with Gasteiger partial charge in [-0.2, -0.15) is 0 Å². The Morgan fingerprint density at radius 3 is 2.73 bits per heavy atom. The van der Waals surface area contributed by atoms with Gasteiger partial charge in [-0.15, -0.1) is 11.6 Å². The zero-order valence-electron chi connectivity index (χ0n) is 8.54. The van der Waals surface area contributed by atoms with E-state index in [0.717, 1.165) is 12.8 Å². The van der Waals surface area contributed by atoms with Crippen molar-refractivity contribution in [3.8, 4) is 0 Å². The SMILES string of the molecule is O=C(CCl)NC1CC(O)C12CCOCC2. The maximum atomic E-state index is 11.2. The molecule has 2 unspecified atom stereocenters. The molecule has 1 saturated carbocycles. The minimum absolute atomic E-state index is 0.0147. The first-order valence-corrected chi connectivity index (χ1v) is 5.83. The van der Waals surface area contributed by atoms with Crippen LogP contribution in [-0.4, -0.2) is 42.3 Å². The van der Waals surface area contributed by atoms with E-state index < -0.39 is 0 Å². The van der Waals surface area contributed by atoms with E-state index in [2.05, 4.69) is 5.32 Å². The zero-order valence-corrected chi connectivity index (χ0v) is 9.29. The standard InChI is InChI=1S/C10H16ClNO3/c11-6-9(14)12-7-5-8(13)10(7)1-3-15-4-2-10/h7-8,13H,1-6H2,(H,12,14). The third-order valence-corrected chi connectivity index (χ3v) is 3.94. The number of aliphatic hydroxyl groups excluding tert-OH is 1. The first-order valence-electron chi connectivity index (χ1n) is 5.30. The van der Waals surface area contributed by atoms with Gasteiger partial charge in [0.2, 0.25) is 5.91 Å². The quantitative estimate of drug-likeness (QED) is 0.674. The lowest BCUT2D eigenvalue weighted by molar-refractivity contribution is -0.155. The van der Waals surface area contributed by atoms with Crippen LogP contribution in [0.1, 0.15) is 19.3 Å². The molecular weight excluding hydrogens is 218 g/mol. The van der Waals surface area contributed by atoms with Crippen molar-refractivity contribution < 1.29 is 14.6 Å². The predicted octanol–water partition coefficient (Wildman–Crippen LogP) is 0.271. The average molecular weight is 234 g/mol. The second-order valence-electron chi connectivity index (χ2n) is 4.35. The van der Waals surface area contributed by atoms with Crippen LogP contribution < -0.4 is 5.32 Å². The molecular formula is C10H16ClNO3. The molecule has 2 atom stereocenters. The first kappa shape index (κ1) is 11.2. The topological polar surface area (TPSA) is 58.6 Å². The average Bonchev–Trinajstić information content (AvgIpc) is 2.29. The monoisotopic (exact) mass is 233 g/mol. The number of nitrogens with one attached hydrogen (secondary N) is 1. The summed E-state index contributed by atoms with van der Waals surface area (Å²) < 4.78 is 5.28. The van der Waals surface area contributed by atoms with Crippen LogP contribution in [0, 0.1) is 5.41 Å². The molecule has 1 heterocycles. The van der Waals surface area contributed by atoms with Gasteiger partial charge < -0.3 is 15.2 Å². The fraction of sp³-hybridized carbons (Fsp3) is 0.900. The number of ether oxygens (including phenoxy) is 1. The van der Waals surface area contributed by atoms with Crippen LogP contribution in [0.4, 0.5) is 0 Å². The highest BCUT2D eigenvalue weighted by Crippen LogP contribution is 2.48. The van der Waals surface area contributed by atoms with Crippen LogP contribution in [0.5, 0.6) is 0 Å². The Morgan fingerprint density at radius 2 is 2.20 bits per heavy atom. The maximum Gasteiger partial charge on any atom is 0.235 e. The number of carbonyl (C=O) groups excluding carboxylic acids is 1. The van der Waals surface area contributed by atoms with Crippen molar-refractivity contribution in [3.63, 3.8) is 0 Å². The molecule has 2 aliphatic rings. The number of halogens is 1. The highest BCUT2D eigenvalue weighted by Gasteiger charge is 2.55. The Labute approximate surface area is 93.9 Å². The predicted molar refractivity (Wildman–Crippen MR) is 55.8 cm³/mol. The molecule has 1 spiro atoms. The van der Waals surface area contributed by atoms with Crippen LogP contribution >= 0.6 is 11.6 Å². The summed E-state index contributed by atoms with van der Waals surface area (Å²) in [5, 5.41) is 12.7. The minimum atomic E-state index is -0.304. The Balaban J connectivity index is 1.98. The molecule has 15 heavy (non-hydrogen) atoms. The van der Waals surface area contributed by atoms with Crippen LogP contribution in [-0.2, 0) is 9.53 Å². The molecule has 2 N–H and O–H groups in total. The molecule has 1 saturated heterocycles. The number of hydrogen-bond acceptors (Lipinski definition) is 3. The van der Waals surface area contributed by atoms with Crippen LogP contribution in [0.2, 0.25) is 0 Å². The van der Waals surface area contributed by atoms with Gasteiger partial charge in [-0.3, -0.25) is 4.79 Å².